The molecule has 1 unspecified atom stereocenters. The molecule has 1 N–H and O–H groups in total. The van der Waals surface area contributed by atoms with Gasteiger partial charge in [-0.3, -0.25) is 0 Å². The first-order valence-electron chi connectivity index (χ1n) is 7.63. The van der Waals surface area contributed by atoms with E-state index in [0.717, 1.165) is 18.2 Å². The van der Waals surface area contributed by atoms with E-state index >= 15 is 0 Å². The van der Waals surface area contributed by atoms with Gasteiger partial charge in [-0.1, -0.05) is 11.6 Å². The summed E-state index contributed by atoms with van der Waals surface area (Å²) in [6.07, 6.45) is -6.74. The lowest BCUT2D eigenvalue weighted by Crippen LogP contribution is -2.40. The van der Waals surface area contributed by atoms with Crippen molar-refractivity contribution in [1.29, 1.82) is 0 Å². The van der Waals surface area contributed by atoms with Crippen molar-refractivity contribution in [2.24, 2.45) is 0 Å². The lowest BCUT2D eigenvalue weighted by atomic mass is 10.0. The van der Waals surface area contributed by atoms with Crippen molar-refractivity contribution in [3.05, 3.63) is 52.3 Å². The molecule has 0 radical (unpaired) electrons. The van der Waals surface area contributed by atoms with Crippen LogP contribution < -0.4 is 14.2 Å². The van der Waals surface area contributed by atoms with Crippen molar-refractivity contribution >= 4 is 23.6 Å². The topological polar surface area (TPSA) is 65.0 Å². The van der Waals surface area contributed by atoms with Gasteiger partial charge in [0.1, 0.15) is 17.2 Å². The number of hydrogen-bond donors (Lipinski definition) is 1. The highest BCUT2D eigenvalue weighted by molar-refractivity contribution is 6.32. The number of carbonyl (C=O) groups is 1. The molecule has 10 heteroatoms. The fraction of sp³-hybridized carbons (Fsp3) is 0.167. The van der Waals surface area contributed by atoms with Gasteiger partial charge in [0.15, 0.2) is 11.6 Å². The van der Waals surface area contributed by atoms with Crippen LogP contribution in [0.2, 0.25) is 5.02 Å². The second-order valence-electron chi connectivity index (χ2n) is 5.66. The molecule has 2 aromatic carbocycles. The van der Waals surface area contributed by atoms with Crippen molar-refractivity contribution in [1.82, 2.24) is 0 Å². The Morgan fingerprint density at radius 3 is 2.54 bits per heavy atom. The van der Waals surface area contributed by atoms with Crippen molar-refractivity contribution in [3.8, 4) is 23.0 Å². The molecule has 0 bridgehead atoms. The number of aliphatic carboxylic acids is 1. The molecule has 0 aromatic heterocycles. The Morgan fingerprint density at radius 1 is 1.21 bits per heavy atom. The number of carboxylic acid groups (broad SMARTS) is 1. The largest absolute Gasteiger partial charge is 0.494 e. The van der Waals surface area contributed by atoms with Crippen LogP contribution in [0.1, 0.15) is 5.56 Å². The van der Waals surface area contributed by atoms with Gasteiger partial charge in [-0.25, -0.2) is 9.18 Å². The van der Waals surface area contributed by atoms with E-state index in [9.17, 15) is 22.4 Å². The van der Waals surface area contributed by atoms with E-state index < -0.39 is 29.6 Å². The summed E-state index contributed by atoms with van der Waals surface area (Å²) < 4.78 is 68.1. The van der Waals surface area contributed by atoms with Crippen LogP contribution in [0.4, 0.5) is 17.6 Å². The van der Waals surface area contributed by atoms with Gasteiger partial charge in [0, 0.05) is 17.7 Å². The predicted molar refractivity (Wildman–Crippen MR) is 90.6 cm³/mol. The second kappa shape index (κ2) is 7.23. The zero-order valence-corrected chi connectivity index (χ0v) is 14.8. The minimum Gasteiger partial charge on any atom is -0.494 e. The first kappa shape index (κ1) is 19.8. The van der Waals surface area contributed by atoms with Gasteiger partial charge in [-0.2, -0.15) is 13.2 Å². The van der Waals surface area contributed by atoms with Crippen molar-refractivity contribution in [3.63, 3.8) is 0 Å². The maximum absolute atomic E-state index is 13.5. The quantitative estimate of drug-likeness (QED) is 0.702. The highest BCUT2D eigenvalue weighted by atomic mass is 35.5. The highest BCUT2D eigenvalue weighted by Crippen LogP contribution is 2.42. The predicted octanol–water partition coefficient (Wildman–Crippen LogP) is 5.07. The summed E-state index contributed by atoms with van der Waals surface area (Å²) in [5, 5.41) is 9.02. The normalized spacial score (nSPS) is 15.9. The molecule has 1 aliphatic rings. The SMILES string of the molecule is COc1cc(Oc2cc3c(cc2Cl)C=C(C(=O)O)C(C(F)(F)F)O3)ccc1F. The van der Waals surface area contributed by atoms with E-state index in [0.29, 0.717) is 0 Å². The van der Waals surface area contributed by atoms with Crippen LogP contribution in [0.25, 0.3) is 6.08 Å². The fourth-order valence-corrected chi connectivity index (χ4v) is 2.74. The standard InChI is InChI=1S/C18H11ClF4O5/c1-26-15-6-9(2-3-12(15)20)27-14-7-13-8(5-11(14)19)4-10(17(24)25)16(28-13)18(21,22)23/h2-7,16H,1H3,(H,24,25). The molecule has 0 fully saturated rings. The summed E-state index contributed by atoms with van der Waals surface area (Å²) in [4.78, 5) is 11.2. The number of alkyl halides is 3. The van der Waals surface area contributed by atoms with Gasteiger partial charge in [-0.05, 0) is 24.3 Å². The number of methoxy groups -OCH3 is 1. The Bertz CT molecular complexity index is 971. The first-order chi connectivity index (χ1) is 13.1. The molecule has 5 nitrogen and oxygen atoms in total. The van der Waals surface area contributed by atoms with Crippen LogP contribution >= 0.6 is 11.6 Å². The number of benzene rings is 2. The van der Waals surface area contributed by atoms with Crippen LogP contribution in [-0.4, -0.2) is 30.5 Å². The summed E-state index contributed by atoms with van der Waals surface area (Å²) in [5.41, 5.74) is -0.917. The van der Waals surface area contributed by atoms with Gasteiger partial charge in [-0.15, -0.1) is 0 Å². The summed E-state index contributed by atoms with van der Waals surface area (Å²) >= 11 is 6.08. The smallest absolute Gasteiger partial charge is 0.430 e. The van der Waals surface area contributed by atoms with Crippen LogP contribution in [0, 0.1) is 5.82 Å². The molecule has 0 aliphatic carbocycles. The Labute approximate surface area is 160 Å². The molecule has 0 spiro atoms. The van der Waals surface area contributed by atoms with E-state index in [1.165, 1.54) is 25.3 Å². The Hall–Kier alpha value is -2.94. The van der Waals surface area contributed by atoms with Gasteiger partial charge >= 0.3 is 12.1 Å². The average Bonchev–Trinajstić information content (AvgIpc) is 2.62. The number of halogens is 5. The monoisotopic (exact) mass is 418 g/mol. The van der Waals surface area contributed by atoms with Crippen LogP contribution in [0.3, 0.4) is 0 Å². The molecule has 2 aromatic rings. The molecule has 0 saturated heterocycles. The average molecular weight is 419 g/mol. The van der Waals surface area contributed by atoms with Crippen molar-refractivity contribution in [2.75, 3.05) is 7.11 Å². The Balaban J connectivity index is 2.00. The summed E-state index contributed by atoms with van der Waals surface area (Å²) in [6, 6.07) is 5.89. The zero-order chi connectivity index (χ0) is 20.6. The minimum atomic E-state index is -4.94. The molecule has 3 rings (SSSR count). The minimum absolute atomic E-state index is 0.0166. The first-order valence-corrected chi connectivity index (χ1v) is 8.01. The molecule has 1 atom stereocenters. The second-order valence-corrected chi connectivity index (χ2v) is 6.07. The van der Waals surface area contributed by atoms with Crippen LogP contribution in [-0.2, 0) is 4.79 Å². The highest BCUT2D eigenvalue weighted by Gasteiger charge is 2.48. The third-order valence-corrected chi connectivity index (χ3v) is 4.09. The molecule has 1 aliphatic heterocycles. The van der Waals surface area contributed by atoms with E-state index in [1.54, 1.807) is 0 Å². The van der Waals surface area contributed by atoms with Crippen LogP contribution in [0.5, 0.6) is 23.0 Å². The van der Waals surface area contributed by atoms with E-state index in [4.69, 9.17) is 30.9 Å². The molecule has 0 amide bonds. The third kappa shape index (κ3) is 3.84. The van der Waals surface area contributed by atoms with Gasteiger partial charge in [0.05, 0.1) is 17.7 Å². The third-order valence-electron chi connectivity index (χ3n) is 3.80. The molecule has 148 valence electrons. The van der Waals surface area contributed by atoms with Crippen molar-refractivity contribution < 1.29 is 41.7 Å². The van der Waals surface area contributed by atoms with Crippen LogP contribution in [0.15, 0.2) is 35.9 Å². The summed E-state index contributed by atoms with van der Waals surface area (Å²) in [7, 11) is 1.26. The molecular weight excluding hydrogens is 408 g/mol. The summed E-state index contributed by atoms with van der Waals surface area (Å²) in [6.45, 7) is 0. The van der Waals surface area contributed by atoms with E-state index in [-0.39, 0.29) is 33.6 Å². The number of fused-ring (bicyclic) bond motifs is 1. The number of rotatable bonds is 4. The number of ether oxygens (including phenoxy) is 3. The lowest BCUT2D eigenvalue weighted by molar-refractivity contribution is -0.187. The lowest BCUT2D eigenvalue weighted by Gasteiger charge is -2.27. The van der Waals surface area contributed by atoms with E-state index in [2.05, 4.69) is 0 Å². The maximum Gasteiger partial charge on any atom is 0.430 e. The Kier molecular flexibility index (Phi) is 5.12. The van der Waals surface area contributed by atoms with Gasteiger partial charge < -0.3 is 19.3 Å². The molecule has 1 heterocycles. The number of hydrogen-bond acceptors (Lipinski definition) is 4. The molecule has 28 heavy (non-hydrogen) atoms. The summed E-state index contributed by atoms with van der Waals surface area (Å²) in [5.74, 6) is -2.71. The maximum atomic E-state index is 13.5. The van der Waals surface area contributed by atoms with Gasteiger partial charge in [0.2, 0.25) is 6.10 Å². The van der Waals surface area contributed by atoms with Gasteiger partial charge in [0.25, 0.3) is 0 Å². The van der Waals surface area contributed by atoms with Crippen molar-refractivity contribution in [2.45, 2.75) is 12.3 Å². The fourth-order valence-electron chi connectivity index (χ4n) is 2.52. The zero-order valence-electron chi connectivity index (χ0n) is 14.0. The molecular formula is C18H11ClF4O5. The number of carboxylic acids is 1. The van der Waals surface area contributed by atoms with E-state index in [1.807, 2.05) is 0 Å². The molecule has 0 saturated carbocycles. The Morgan fingerprint density at radius 2 is 1.93 bits per heavy atom.